The summed E-state index contributed by atoms with van der Waals surface area (Å²) in [6.45, 7) is 15.8. The van der Waals surface area contributed by atoms with Gasteiger partial charge in [0.1, 0.15) is 11.6 Å². The molecule has 0 aliphatic heterocycles. The molecule has 0 bridgehead atoms. The molecule has 1 atom stereocenters. The number of carbonyl (C=O) groups is 1. The van der Waals surface area contributed by atoms with Gasteiger partial charge >= 0.3 is 0 Å². The maximum absolute atomic E-state index is 15.2. The summed E-state index contributed by atoms with van der Waals surface area (Å²) in [4.78, 5) is 23.6. The number of para-hydroxylation sites is 1. The lowest BCUT2D eigenvalue weighted by atomic mass is 9.97. The van der Waals surface area contributed by atoms with Crippen LogP contribution in [0.5, 0.6) is 0 Å². The van der Waals surface area contributed by atoms with Crippen molar-refractivity contribution in [3.63, 3.8) is 0 Å². The number of nitrogens with zero attached hydrogens (tertiary/aromatic N) is 3. The first-order valence-electron chi connectivity index (χ1n) is 15.3. The first-order valence-corrected chi connectivity index (χ1v) is 15.8. The minimum Gasteiger partial charge on any atom is -0.356 e. The molecule has 1 heterocycles. The lowest BCUT2D eigenvalue weighted by Gasteiger charge is -2.25. The minimum atomic E-state index is -0.558. The molecule has 46 heavy (non-hydrogen) atoms. The van der Waals surface area contributed by atoms with Crippen LogP contribution >= 0.6 is 9.24 Å². The molecule has 0 aliphatic carbocycles. The quantitative estimate of drug-likeness (QED) is 0.0683. The molecule has 1 amide bonds. The van der Waals surface area contributed by atoms with Crippen molar-refractivity contribution in [1.29, 1.82) is 0 Å². The number of aryl methyl sites for hydroxylation is 1. The number of anilines is 4. The fraction of sp³-hybridized carbons (Fsp3) is 0.286. The van der Waals surface area contributed by atoms with Crippen LogP contribution in [-0.4, -0.2) is 42.6 Å². The van der Waals surface area contributed by atoms with Gasteiger partial charge in [-0.25, -0.2) is 13.8 Å². The Bertz CT molecular complexity index is 1610. The lowest BCUT2D eigenvalue weighted by Crippen LogP contribution is -2.29. The summed E-state index contributed by atoms with van der Waals surface area (Å²) in [5.41, 5.74) is 5.06. The Balaban J connectivity index is 0.00000282. The van der Waals surface area contributed by atoms with Gasteiger partial charge < -0.3 is 21.3 Å². The molecule has 3 aromatic carbocycles. The zero-order valence-corrected chi connectivity index (χ0v) is 28.5. The van der Waals surface area contributed by atoms with Gasteiger partial charge in [-0.05, 0) is 66.8 Å². The third-order valence-electron chi connectivity index (χ3n) is 6.87. The molecule has 4 rings (SSSR count). The van der Waals surface area contributed by atoms with E-state index in [1.165, 1.54) is 23.1 Å². The van der Waals surface area contributed by atoms with Crippen LogP contribution < -0.4 is 31.5 Å². The predicted molar refractivity (Wildman–Crippen MR) is 191 cm³/mol. The van der Waals surface area contributed by atoms with Crippen LogP contribution in [-0.2, 0) is 11.3 Å². The van der Waals surface area contributed by atoms with Crippen molar-refractivity contribution in [3.05, 3.63) is 95.6 Å². The van der Waals surface area contributed by atoms with Gasteiger partial charge in [-0.3, -0.25) is 9.69 Å². The zero-order valence-electron chi connectivity index (χ0n) is 27.3. The van der Waals surface area contributed by atoms with Crippen LogP contribution in [0.1, 0.15) is 44.4 Å². The second-order valence-electron chi connectivity index (χ2n) is 10.6. The average molecular weight is 648 g/mol. The summed E-state index contributed by atoms with van der Waals surface area (Å²) >= 11 is 0. The SMILES string of the molecule is C=C(Nc1ccc(F)cc1)c1ccc(C)c(-c2nc(NCCNC(C)C)nc(N(C=O)c3c(F)cccc3P)c2CNC)c1.CC. The Morgan fingerprint density at radius 1 is 1.04 bits per heavy atom. The van der Waals surface area contributed by atoms with Crippen molar-refractivity contribution >= 4 is 49.8 Å². The number of hydrogen-bond acceptors (Lipinski definition) is 7. The van der Waals surface area contributed by atoms with Gasteiger partial charge in [0.25, 0.3) is 0 Å². The Morgan fingerprint density at radius 2 is 1.76 bits per heavy atom. The largest absolute Gasteiger partial charge is 0.356 e. The number of aromatic nitrogens is 2. The van der Waals surface area contributed by atoms with E-state index in [2.05, 4.69) is 50.9 Å². The molecule has 0 aliphatic rings. The average Bonchev–Trinajstić information content (AvgIpc) is 3.04. The number of benzene rings is 3. The molecule has 1 aromatic heterocycles. The van der Waals surface area contributed by atoms with Gasteiger partial charge in [0.15, 0.2) is 5.82 Å². The van der Waals surface area contributed by atoms with Crippen molar-refractivity contribution < 1.29 is 13.6 Å². The molecular formula is C35H44F2N7OP. The van der Waals surface area contributed by atoms with Crippen LogP contribution in [0.15, 0.2) is 67.2 Å². The first kappa shape index (κ1) is 36.2. The van der Waals surface area contributed by atoms with E-state index in [0.29, 0.717) is 66.0 Å². The van der Waals surface area contributed by atoms with E-state index in [-0.39, 0.29) is 17.3 Å². The van der Waals surface area contributed by atoms with Gasteiger partial charge in [0, 0.05) is 48.2 Å². The summed E-state index contributed by atoms with van der Waals surface area (Å²) < 4.78 is 28.7. The highest BCUT2D eigenvalue weighted by molar-refractivity contribution is 7.28. The van der Waals surface area contributed by atoms with E-state index < -0.39 is 5.82 Å². The van der Waals surface area contributed by atoms with Gasteiger partial charge in [0.05, 0.1) is 11.4 Å². The Kier molecular flexibility index (Phi) is 13.7. The topological polar surface area (TPSA) is 94.2 Å². The number of amides is 1. The Hall–Kier alpha value is -4.24. The van der Waals surface area contributed by atoms with Crippen LogP contribution in [0.2, 0.25) is 0 Å². The highest BCUT2D eigenvalue weighted by Gasteiger charge is 2.25. The fourth-order valence-electron chi connectivity index (χ4n) is 4.69. The van der Waals surface area contributed by atoms with E-state index in [4.69, 9.17) is 9.97 Å². The van der Waals surface area contributed by atoms with E-state index in [0.717, 1.165) is 16.7 Å². The van der Waals surface area contributed by atoms with Crippen molar-refractivity contribution in [1.82, 2.24) is 20.6 Å². The summed E-state index contributed by atoms with van der Waals surface area (Å²) in [6.07, 6.45) is 0.569. The van der Waals surface area contributed by atoms with Gasteiger partial charge in [-0.2, -0.15) is 4.98 Å². The molecule has 0 saturated heterocycles. The fourth-order valence-corrected chi connectivity index (χ4v) is 5.08. The predicted octanol–water partition coefficient (Wildman–Crippen LogP) is 6.76. The molecule has 0 spiro atoms. The number of rotatable bonds is 14. The van der Waals surface area contributed by atoms with Crippen molar-refractivity contribution in [2.75, 3.05) is 35.7 Å². The monoisotopic (exact) mass is 647 g/mol. The smallest absolute Gasteiger partial charge is 0.225 e. The van der Waals surface area contributed by atoms with E-state index in [9.17, 15) is 9.18 Å². The Labute approximate surface area is 273 Å². The van der Waals surface area contributed by atoms with E-state index >= 15 is 4.39 Å². The molecule has 4 N–H and O–H groups in total. The third-order valence-corrected chi connectivity index (χ3v) is 7.34. The summed E-state index contributed by atoms with van der Waals surface area (Å²) in [5, 5.41) is 13.5. The van der Waals surface area contributed by atoms with Crippen molar-refractivity contribution in [3.8, 4) is 11.3 Å². The van der Waals surface area contributed by atoms with Crippen LogP contribution in [0.4, 0.5) is 31.9 Å². The van der Waals surface area contributed by atoms with E-state index in [1.807, 2.05) is 39.0 Å². The second kappa shape index (κ2) is 17.5. The first-order chi connectivity index (χ1) is 22.1. The molecule has 11 heteroatoms. The van der Waals surface area contributed by atoms with Crippen LogP contribution in [0.3, 0.4) is 0 Å². The molecule has 4 aromatic rings. The maximum atomic E-state index is 15.2. The highest BCUT2D eigenvalue weighted by Crippen LogP contribution is 2.36. The highest BCUT2D eigenvalue weighted by atomic mass is 31.0. The molecule has 244 valence electrons. The lowest BCUT2D eigenvalue weighted by molar-refractivity contribution is -0.106. The second-order valence-corrected chi connectivity index (χ2v) is 11.2. The molecule has 8 nitrogen and oxygen atoms in total. The number of carbonyl (C=O) groups excluding carboxylic acids is 1. The summed E-state index contributed by atoms with van der Waals surface area (Å²) in [5.74, 6) is -0.340. The van der Waals surface area contributed by atoms with Gasteiger partial charge in [0.2, 0.25) is 12.4 Å². The number of halogens is 2. The summed E-state index contributed by atoms with van der Waals surface area (Å²) in [7, 11) is 4.27. The van der Waals surface area contributed by atoms with E-state index in [1.54, 1.807) is 31.3 Å². The Morgan fingerprint density at radius 3 is 2.39 bits per heavy atom. The number of hydrogen-bond donors (Lipinski definition) is 4. The molecule has 0 radical (unpaired) electrons. The molecule has 1 unspecified atom stereocenters. The van der Waals surface area contributed by atoms with Crippen LogP contribution in [0, 0.1) is 18.6 Å². The normalized spacial score (nSPS) is 10.7. The molecule has 0 saturated carbocycles. The third kappa shape index (κ3) is 9.16. The summed E-state index contributed by atoms with van der Waals surface area (Å²) in [6, 6.07) is 16.8. The van der Waals surface area contributed by atoms with Gasteiger partial charge in [-0.1, -0.05) is 58.5 Å². The van der Waals surface area contributed by atoms with Gasteiger partial charge in [-0.15, -0.1) is 9.24 Å². The molecule has 0 fully saturated rings. The van der Waals surface area contributed by atoms with Crippen molar-refractivity contribution in [2.24, 2.45) is 0 Å². The zero-order chi connectivity index (χ0) is 33.8. The number of nitrogens with one attached hydrogen (secondary N) is 4. The van der Waals surface area contributed by atoms with Crippen molar-refractivity contribution in [2.45, 2.75) is 47.2 Å². The maximum Gasteiger partial charge on any atom is 0.225 e. The standard InChI is InChI=1S/C33H38F2N7OP.C2H6/c1-20(2)37-15-16-38-33-40-30(26-17-23(10-9-21(26)3)22(4)39-25-13-11-24(34)12-14-25)27(18-36-5)32(41-33)42(19-43)31-28(35)7-6-8-29(31)44;1-2/h6-14,17,19-20,36-37,39H,4,15-16,18,44H2,1-3,5H3,(H,38,40,41);1-2H3. The minimum absolute atomic E-state index is 0.0873. The molecular weight excluding hydrogens is 603 g/mol. The van der Waals surface area contributed by atoms with Crippen LogP contribution in [0.25, 0.3) is 17.0 Å².